The Balaban J connectivity index is 0.000000586. The van der Waals surface area contributed by atoms with E-state index in [1.54, 1.807) is 0 Å². The van der Waals surface area contributed by atoms with E-state index >= 15 is 0 Å². The molecule has 0 aliphatic heterocycles. The van der Waals surface area contributed by atoms with Gasteiger partial charge in [-0.3, -0.25) is 0 Å². The van der Waals surface area contributed by atoms with Crippen molar-refractivity contribution in [3.05, 3.63) is 108 Å². The number of halogens is 1. The van der Waals surface area contributed by atoms with Crippen LogP contribution in [0.4, 0.5) is 5.69 Å². The molecule has 1 heterocycles. The molecular weight excluding hydrogens is 488 g/mol. The molecule has 0 fully saturated rings. The molecular formula is C30H29ClN2O4. The number of hydrogen-bond acceptors (Lipinski definition) is 5. The third kappa shape index (κ3) is 6.63. The maximum Gasteiger partial charge on any atom is 0.213 e. The molecule has 4 aromatic rings. The molecule has 0 atom stereocenters. The van der Waals surface area contributed by atoms with Crippen LogP contribution in [0.3, 0.4) is 0 Å². The molecule has 0 bridgehead atoms. The van der Waals surface area contributed by atoms with Crippen molar-refractivity contribution >= 4 is 17.3 Å². The normalized spacial score (nSPS) is 13.6. The molecule has 37 heavy (non-hydrogen) atoms. The van der Waals surface area contributed by atoms with Gasteiger partial charge in [-0.2, -0.15) is 4.57 Å². The zero-order valence-electron chi connectivity index (χ0n) is 21.1. The molecule has 190 valence electrons. The molecule has 0 spiro atoms. The summed E-state index contributed by atoms with van der Waals surface area (Å²) >= 11 is 0. The second kappa shape index (κ2) is 11.3. The number of rotatable bonds is 4. The Morgan fingerprint density at radius 1 is 0.757 bits per heavy atom. The van der Waals surface area contributed by atoms with E-state index in [0.717, 1.165) is 12.8 Å². The maximum absolute atomic E-state index is 8.49. The molecule has 0 radical (unpaired) electrons. The Morgan fingerprint density at radius 2 is 1.30 bits per heavy atom. The third-order valence-electron chi connectivity index (χ3n) is 6.44. The van der Waals surface area contributed by atoms with E-state index in [4.69, 9.17) is 18.6 Å². The van der Waals surface area contributed by atoms with Crippen LogP contribution < -0.4 is 28.1 Å². The van der Waals surface area contributed by atoms with Crippen molar-refractivity contribution in [3.8, 4) is 22.4 Å². The largest absolute Gasteiger partial charge is 0.378 e. The lowest BCUT2D eigenvalue weighted by molar-refractivity contribution is -2.00. The molecule has 0 amide bonds. The maximum atomic E-state index is 8.49. The summed E-state index contributed by atoms with van der Waals surface area (Å²) in [6.45, 7) is 0. The van der Waals surface area contributed by atoms with E-state index in [-0.39, 0.29) is 0 Å². The van der Waals surface area contributed by atoms with E-state index in [0.29, 0.717) is 0 Å². The molecule has 1 aromatic heterocycles. The first-order valence-corrected chi connectivity index (χ1v) is 13.1. The molecule has 1 aliphatic carbocycles. The van der Waals surface area contributed by atoms with Gasteiger partial charge >= 0.3 is 0 Å². The summed E-state index contributed by atoms with van der Waals surface area (Å²) in [5.41, 5.74) is 11.8. The first-order valence-electron chi connectivity index (χ1n) is 11.9. The predicted molar refractivity (Wildman–Crippen MR) is 135 cm³/mol. The van der Waals surface area contributed by atoms with Crippen LogP contribution in [0.5, 0.6) is 0 Å². The van der Waals surface area contributed by atoms with Gasteiger partial charge in [-0.25, -0.2) is 18.6 Å². The Kier molecular flexibility index (Phi) is 8.07. The van der Waals surface area contributed by atoms with Crippen molar-refractivity contribution in [2.75, 3.05) is 19.0 Å². The van der Waals surface area contributed by atoms with Crippen LogP contribution >= 0.6 is 0 Å². The van der Waals surface area contributed by atoms with Crippen LogP contribution in [0.2, 0.25) is 0 Å². The zero-order valence-corrected chi connectivity index (χ0v) is 21.8. The van der Waals surface area contributed by atoms with Crippen LogP contribution in [-0.4, -0.2) is 14.1 Å². The van der Waals surface area contributed by atoms with E-state index in [1.165, 1.54) is 50.5 Å². The lowest BCUT2D eigenvalue weighted by atomic mass is 9.96. The standard InChI is InChI=1S/C30H29N2.ClHO4/c1-31(2)26-17-14-22(15-18-26)20-25-16-19-27-28(23-10-6-4-7-11-23)21-29(32(3)30(25)27)24-12-8-5-9-13-24;2-1(3,4)5/h4-15,17-18,20-21H,16,19H2,1-3H3;(H,2,3,4,5)/q+1;/p-1. The summed E-state index contributed by atoms with van der Waals surface area (Å²) < 4.78 is 36.4. The molecule has 6 nitrogen and oxygen atoms in total. The number of benzene rings is 3. The monoisotopic (exact) mass is 516 g/mol. The summed E-state index contributed by atoms with van der Waals surface area (Å²) in [7, 11) is 1.43. The van der Waals surface area contributed by atoms with Gasteiger partial charge in [0.05, 0.1) is 0 Å². The van der Waals surface area contributed by atoms with Gasteiger partial charge in [0.1, 0.15) is 7.05 Å². The lowest BCUT2D eigenvalue weighted by Crippen LogP contribution is -2.68. The molecule has 7 heteroatoms. The van der Waals surface area contributed by atoms with Gasteiger partial charge in [0, 0.05) is 42.5 Å². The van der Waals surface area contributed by atoms with Gasteiger partial charge in [0.2, 0.25) is 11.4 Å². The average Bonchev–Trinajstić information content (AvgIpc) is 3.29. The number of nitrogens with zero attached hydrogens (tertiary/aromatic N) is 2. The summed E-state index contributed by atoms with van der Waals surface area (Å²) in [6.07, 6.45) is 4.51. The quantitative estimate of drug-likeness (QED) is 0.384. The number of aromatic nitrogens is 1. The Morgan fingerprint density at radius 3 is 1.84 bits per heavy atom. The fraction of sp³-hybridized carbons (Fsp3) is 0.167. The first-order chi connectivity index (χ1) is 17.6. The number of hydrogen-bond donors (Lipinski definition) is 0. The number of anilines is 1. The second-order valence-corrected chi connectivity index (χ2v) is 9.85. The molecule has 5 rings (SSSR count). The van der Waals surface area contributed by atoms with Crippen molar-refractivity contribution in [1.82, 2.24) is 0 Å². The molecule has 0 saturated carbocycles. The average molecular weight is 517 g/mol. The molecule has 1 aliphatic rings. The summed E-state index contributed by atoms with van der Waals surface area (Å²) in [6, 6.07) is 32.7. The van der Waals surface area contributed by atoms with E-state index in [9.17, 15) is 0 Å². The van der Waals surface area contributed by atoms with Gasteiger partial charge in [0.25, 0.3) is 0 Å². The Bertz CT molecular complexity index is 1380. The van der Waals surface area contributed by atoms with E-state index in [2.05, 4.69) is 128 Å². The van der Waals surface area contributed by atoms with Crippen LogP contribution in [0.1, 0.15) is 23.2 Å². The van der Waals surface area contributed by atoms with Gasteiger partial charge in [-0.15, -0.1) is 10.2 Å². The second-order valence-electron chi connectivity index (χ2n) is 9.09. The fourth-order valence-corrected chi connectivity index (χ4v) is 4.78. The minimum absolute atomic E-state index is 1.07. The number of pyridine rings is 1. The minimum atomic E-state index is -4.94. The SMILES string of the molecule is CN(C)c1ccc(/C=C2\CCc3c(-c4ccccc4)cc(-c4ccccc4)[n+](C)c32)cc1.[O-][Cl+3]([O-])([O-])[O-]. The lowest BCUT2D eigenvalue weighted by Gasteiger charge is -2.17. The summed E-state index contributed by atoms with van der Waals surface area (Å²) in [4.78, 5) is 2.14. The van der Waals surface area contributed by atoms with E-state index in [1.807, 2.05) is 0 Å². The van der Waals surface area contributed by atoms with Crippen LogP contribution in [0.15, 0.2) is 91.0 Å². The highest BCUT2D eigenvalue weighted by Crippen LogP contribution is 2.39. The molecule has 0 N–H and O–H groups in total. The number of allylic oxidation sites excluding steroid dienone is 1. The molecule has 0 saturated heterocycles. The van der Waals surface area contributed by atoms with Crippen LogP contribution in [0, 0.1) is 10.2 Å². The molecule has 0 unspecified atom stereocenters. The van der Waals surface area contributed by atoms with Gasteiger partial charge in [0.15, 0.2) is 0 Å². The van der Waals surface area contributed by atoms with Crippen molar-refractivity contribution in [1.29, 1.82) is 0 Å². The van der Waals surface area contributed by atoms with Gasteiger partial charge in [-0.1, -0.05) is 60.7 Å². The van der Waals surface area contributed by atoms with Gasteiger partial charge < -0.3 is 4.90 Å². The van der Waals surface area contributed by atoms with Gasteiger partial charge in [-0.05, 0) is 59.9 Å². The van der Waals surface area contributed by atoms with Crippen molar-refractivity contribution in [2.45, 2.75) is 12.8 Å². The van der Waals surface area contributed by atoms with Crippen LogP contribution in [0.25, 0.3) is 34.0 Å². The van der Waals surface area contributed by atoms with E-state index < -0.39 is 10.2 Å². The number of fused-ring (bicyclic) bond motifs is 1. The highest BCUT2D eigenvalue weighted by molar-refractivity contribution is 5.87. The zero-order chi connectivity index (χ0) is 26.6. The summed E-state index contributed by atoms with van der Waals surface area (Å²) in [5, 5.41) is 0. The van der Waals surface area contributed by atoms with Crippen molar-refractivity contribution in [3.63, 3.8) is 0 Å². The Labute approximate surface area is 219 Å². The Hall–Kier alpha value is -3.52. The minimum Gasteiger partial charge on any atom is -0.378 e. The van der Waals surface area contributed by atoms with Crippen molar-refractivity contribution < 1.29 is 33.4 Å². The summed E-state index contributed by atoms with van der Waals surface area (Å²) in [5.74, 6) is 0. The van der Waals surface area contributed by atoms with Crippen LogP contribution in [-0.2, 0) is 13.5 Å². The first kappa shape index (κ1) is 26.5. The molecule has 3 aromatic carbocycles. The topological polar surface area (TPSA) is 99.4 Å². The smallest absolute Gasteiger partial charge is 0.213 e. The van der Waals surface area contributed by atoms with Crippen molar-refractivity contribution in [2.24, 2.45) is 7.05 Å². The fourth-order valence-electron chi connectivity index (χ4n) is 4.78. The third-order valence-corrected chi connectivity index (χ3v) is 6.44. The highest BCUT2D eigenvalue weighted by atomic mass is 35.7. The highest BCUT2D eigenvalue weighted by Gasteiger charge is 2.31. The predicted octanol–water partition coefficient (Wildman–Crippen LogP) is 1.64.